The zero-order chi connectivity index (χ0) is 15.3. The molecular formula is C12H18ClN3O3S. The summed E-state index contributed by atoms with van der Waals surface area (Å²) in [4.78, 5) is 20.1. The second-order valence-corrected chi connectivity index (χ2v) is 7.49. The number of hydrogen-bond donors (Lipinski definition) is 1. The molecule has 0 radical (unpaired) electrons. The Balaban J connectivity index is 2.65. The van der Waals surface area contributed by atoms with E-state index in [9.17, 15) is 13.2 Å². The fourth-order valence-electron chi connectivity index (χ4n) is 1.44. The molecule has 0 aliphatic rings. The molecule has 0 saturated carbocycles. The second-order valence-electron chi connectivity index (χ2n) is 4.82. The number of sulfone groups is 1. The average Bonchev–Trinajstić information content (AvgIpc) is 2.33. The van der Waals surface area contributed by atoms with Crippen LogP contribution in [0.5, 0.6) is 0 Å². The van der Waals surface area contributed by atoms with Gasteiger partial charge in [0.1, 0.15) is 21.4 Å². The van der Waals surface area contributed by atoms with E-state index in [4.69, 9.17) is 11.6 Å². The molecule has 112 valence electrons. The summed E-state index contributed by atoms with van der Waals surface area (Å²) in [6.45, 7) is 4.08. The van der Waals surface area contributed by atoms with E-state index in [1.54, 1.807) is 0 Å². The van der Waals surface area contributed by atoms with E-state index in [2.05, 4.69) is 15.3 Å². The lowest BCUT2D eigenvalue weighted by Crippen LogP contribution is -2.27. The molecule has 0 atom stereocenters. The molecule has 1 rings (SSSR count). The first-order valence-corrected chi connectivity index (χ1v) is 8.63. The number of hydrogen-bond acceptors (Lipinski definition) is 5. The van der Waals surface area contributed by atoms with Crippen LogP contribution in [-0.4, -0.2) is 42.8 Å². The van der Waals surface area contributed by atoms with Crippen LogP contribution in [0, 0.1) is 0 Å². The molecule has 0 unspecified atom stereocenters. The molecule has 1 heterocycles. The lowest BCUT2D eigenvalue weighted by Gasteiger charge is -2.08. The van der Waals surface area contributed by atoms with Crippen LogP contribution < -0.4 is 5.32 Å². The summed E-state index contributed by atoms with van der Waals surface area (Å²) >= 11 is 5.90. The van der Waals surface area contributed by atoms with Crippen LogP contribution in [0.2, 0.25) is 5.02 Å². The van der Waals surface area contributed by atoms with E-state index >= 15 is 0 Å². The van der Waals surface area contributed by atoms with Crippen molar-refractivity contribution in [2.45, 2.75) is 26.2 Å². The van der Waals surface area contributed by atoms with E-state index in [-0.39, 0.29) is 28.9 Å². The molecule has 0 spiro atoms. The molecule has 0 aliphatic heterocycles. The Labute approximate surface area is 123 Å². The highest BCUT2D eigenvalue weighted by Gasteiger charge is 2.15. The summed E-state index contributed by atoms with van der Waals surface area (Å²) in [6, 6.07) is 0. The van der Waals surface area contributed by atoms with Crippen LogP contribution in [0.25, 0.3) is 0 Å². The van der Waals surface area contributed by atoms with Gasteiger partial charge in [0.05, 0.1) is 17.0 Å². The van der Waals surface area contributed by atoms with Crippen molar-refractivity contribution in [2.24, 2.45) is 0 Å². The van der Waals surface area contributed by atoms with Crippen LogP contribution in [0.3, 0.4) is 0 Å². The number of nitrogens with zero attached hydrogens (tertiary/aromatic N) is 2. The smallest absolute Gasteiger partial charge is 0.271 e. The Bertz CT molecular complexity index is 588. The lowest BCUT2D eigenvalue weighted by molar-refractivity contribution is 0.0948. The first-order chi connectivity index (χ1) is 9.20. The zero-order valence-electron chi connectivity index (χ0n) is 11.7. The van der Waals surface area contributed by atoms with Gasteiger partial charge in [-0.05, 0) is 6.42 Å². The van der Waals surface area contributed by atoms with Gasteiger partial charge in [-0.3, -0.25) is 4.79 Å². The average molecular weight is 320 g/mol. The summed E-state index contributed by atoms with van der Waals surface area (Å²) in [6.07, 6.45) is 2.91. The topological polar surface area (TPSA) is 89.0 Å². The van der Waals surface area contributed by atoms with Crippen molar-refractivity contribution < 1.29 is 13.2 Å². The summed E-state index contributed by atoms with van der Waals surface area (Å²) in [5, 5.41) is 2.78. The molecule has 0 saturated heterocycles. The highest BCUT2D eigenvalue weighted by atomic mass is 35.5. The standard InChI is InChI=1S/C12H18ClN3O3S/c1-8(2)11-15-7-9(13)10(16-11)12(17)14-5-4-6-20(3,18)19/h7-8H,4-6H2,1-3H3,(H,14,17). The molecule has 0 aromatic carbocycles. The number of rotatable bonds is 6. The third-order valence-corrected chi connectivity index (χ3v) is 3.78. The van der Waals surface area contributed by atoms with Crippen molar-refractivity contribution >= 4 is 27.3 Å². The van der Waals surface area contributed by atoms with E-state index in [0.29, 0.717) is 12.2 Å². The van der Waals surface area contributed by atoms with Crippen LogP contribution in [-0.2, 0) is 9.84 Å². The minimum Gasteiger partial charge on any atom is -0.351 e. The fraction of sp³-hybridized carbons (Fsp3) is 0.583. The molecule has 20 heavy (non-hydrogen) atoms. The number of aromatic nitrogens is 2. The minimum absolute atomic E-state index is 0.0298. The van der Waals surface area contributed by atoms with Gasteiger partial charge in [0.25, 0.3) is 5.91 Å². The summed E-state index contributed by atoms with van der Waals surface area (Å²) in [5.41, 5.74) is 0.115. The van der Waals surface area contributed by atoms with E-state index in [1.165, 1.54) is 6.20 Å². The largest absolute Gasteiger partial charge is 0.351 e. The summed E-state index contributed by atoms with van der Waals surface area (Å²) in [7, 11) is -3.02. The Kier molecular flexibility index (Phi) is 5.88. The molecule has 8 heteroatoms. The first-order valence-electron chi connectivity index (χ1n) is 6.19. The van der Waals surface area contributed by atoms with Crippen molar-refractivity contribution in [1.82, 2.24) is 15.3 Å². The Morgan fingerprint density at radius 2 is 2.10 bits per heavy atom. The van der Waals surface area contributed by atoms with Gasteiger partial charge in [0.15, 0.2) is 0 Å². The normalized spacial score (nSPS) is 11.7. The quantitative estimate of drug-likeness (QED) is 0.801. The maximum atomic E-state index is 11.9. The van der Waals surface area contributed by atoms with Gasteiger partial charge in [0, 0.05) is 18.7 Å². The van der Waals surface area contributed by atoms with Gasteiger partial charge in [-0.1, -0.05) is 25.4 Å². The Morgan fingerprint density at radius 3 is 2.65 bits per heavy atom. The molecule has 0 aliphatic carbocycles. The van der Waals surface area contributed by atoms with Gasteiger partial charge in [0.2, 0.25) is 0 Å². The number of nitrogens with one attached hydrogen (secondary N) is 1. The molecule has 1 aromatic heterocycles. The van der Waals surface area contributed by atoms with Crippen molar-refractivity contribution in [3.8, 4) is 0 Å². The van der Waals surface area contributed by atoms with E-state index in [1.807, 2.05) is 13.8 Å². The predicted octanol–water partition coefficient (Wildman–Crippen LogP) is 1.42. The molecular weight excluding hydrogens is 302 g/mol. The van der Waals surface area contributed by atoms with E-state index in [0.717, 1.165) is 6.26 Å². The van der Waals surface area contributed by atoms with Gasteiger partial charge >= 0.3 is 0 Å². The number of carbonyl (C=O) groups excluding carboxylic acids is 1. The third-order valence-electron chi connectivity index (χ3n) is 2.47. The fourth-order valence-corrected chi connectivity index (χ4v) is 2.28. The van der Waals surface area contributed by atoms with Gasteiger partial charge < -0.3 is 5.32 Å². The van der Waals surface area contributed by atoms with Crippen molar-refractivity contribution in [1.29, 1.82) is 0 Å². The van der Waals surface area contributed by atoms with Crippen LogP contribution in [0.1, 0.15) is 42.5 Å². The zero-order valence-corrected chi connectivity index (χ0v) is 13.3. The molecule has 6 nitrogen and oxygen atoms in total. The van der Waals surface area contributed by atoms with E-state index < -0.39 is 15.7 Å². The highest BCUT2D eigenvalue weighted by Crippen LogP contribution is 2.16. The van der Waals surface area contributed by atoms with Gasteiger partial charge in [-0.2, -0.15) is 0 Å². The Morgan fingerprint density at radius 1 is 1.45 bits per heavy atom. The molecule has 1 N–H and O–H groups in total. The van der Waals surface area contributed by atoms with Crippen molar-refractivity contribution in [3.63, 3.8) is 0 Å². The lowest BCUT2D eigenvalue weighted by atomic mass is 10.2. The molecule has 1 amide bonds. The van der Waals surface area contributed by atoms with Crippen molar-refractivity contribution in [3.05, 3.63) is 22.7 Å². The maximum Gasteiger partial charge on any atom is 0.271 e. The number of amides is 1. The summed E-state index contributed by atoms with van der Waals surface area (Å²) < 4.78 is 21.9. The SMILES string of the molecule is CC(C)c1ncc(Cl)c(C(=O)NCCCS(C)(=O)=O)n1. The monoisotopic (exact) mass is 319 g/mol. The molecule has 1 aromatic rings. The summed E-state index contributed by atoms with van der Waals surface area (Å²) in [5.74, 6) is 0.231. The highest BCUT2D eigenvalue weighted by molar-refractivity contribution is 7.90. The van der Waals surface area contributed by atoms with Crippen LogP contribution >= 0.6 is 11.6 Å². The number of carbonyl (C=O) groups is 1. The molecule has 0 bridgehead atoms. The first kappa shape index (κ1) is 16.8. The predicted molar refractivity (Wildman–Crippen MR) is 77.8 cm³/mol. The van der Waals surface area contributed by atoms with Gasteiger partial charge in [-0.15, -0.1) is 0 Å². The van der Waals surface area contributed by atoms with Crippen LogP contribution in [0.15, 0.2) is 6.20 Å². The maximum absolute atomic E-state index is 11.9. The number of halogens is 1. The van der Waals surface area contributed by atoms with Crippen LogP contribution in [0.4, 0.5) is 0 Å². The Hall–Kier alpha value is -1.21. The van der Waals surface area contributed by atoms with Gasteiger partial charge in [-0.25, -0.2) is 18.4 Å². The minimum atomic E-state index is -3.02. The third kappa shape index (κ3) is 5.42. The van der Waals surface area contributed by atoms with Crippen molar-refractivity contribution in [2.75, 3.05) is 18.6 Å². The molecule has 0 fully saturated rings. The second kappa shape index (κ2) is 6.99.